The van der Waals surface area contributed by atoms with Gasteiger partial charge in [-0.25, -0.2) is 9.37 Å². The maximum atomic E-state index is 13.7. The minimum Gasteiger partial charge on any atom is -0.339 e. The van der Waals surface area contributed by atoms with Crippen molar-refractivity contribution in [2.75, 3.05) is 0 Å². The Hall–Kier alpha value is -2.07. The van der Waals surface area contributed by atoms with Gasteiger partial charge in [0, 0.05) is 10.9 Å². The molecule has 18 heavy (non-hydrogen) atoms. The molecule has 3 aromatic rings. The van der Waals surface area contributed by atoms with E-state index in [0.29, 0.717) is 16.0 Å². The van der Waals surface area contributed by atoms with Crippen LogP contribution in [0.3, 0.4) is 0 Å². The van der Waals surface area contributed by atoms with Gasteiger partial charge < -0.3 is 4.98 Å². The molecule has 3 rings (SSSR count). The first kappa shape index (κ1) is 11.0. The Kier molecular flexibility index (Phi) is 2.64. The van der Waals surface area contributed by atoms with E-state index in [-0.39, 0.29) is 5.82 Å². The third-order valence-electron chi connectivity index (χ3n) is 2.75. The van der Waals surface area contributed by atoms with Crippen molar-refractivity contribution in [1.29, 1.82) is 0 Å². The van der Waals surface area contributed by atoms with Crippen LogP contribution in [0.4, 0.5) is 4.39 Å². The number of aromatic nitrogens is 2. The molecule has 0 amide bonds. The molecule has 1 heterocycles. The summed E-state index contributed by atoms with van der Waals surface area (Å²) >= 11 is 5.23. The Morgan fingerprint density at radius 1 is 1.00 bits per heavy atom. The molecule has 4 heteroatoms. The zero-order valence-electron chi connectivity index (χ0n) is 9.35. The molecule has 0 saturated heterocycles. The highest BCUT2D eigenvalue weighted by Gasteiger charge is 2.07. The minimum absolute atomic E-state index is 0.314. The lowest BCUT2D eigenvalue weighted by Crippen LogP contribution is -1.93. The summed E-state index contributed by atoms with van der Waals surface area (Å²) in [5, 5.41) is 0.868. The topological polar surface area (TPSA) is 28.7 Å². The zero-order valence-corrected chi connectivity index (χ0v) is 10.2. The lowest BCUT2D eigenvalue weighted by atomic mass is 10.2. The predicted molar refractivity (Wildman–Crippen MR) is 72.3 cm³/mol. The molecule has 0 aliphatic heterocycles. The van der Waals surface area contributed by atoms with Crippen LogP contribution in [0.5, 0.6) is 0 Å². The average Bonchev–Trinajstić information content (AvgIpc) is 2.39. The Balaban J connectivity index is 2.32. The molecule has 2 nitrogen and oxygen atoms in total. The van der Waals surface area contributed by atoms with Gasteiger partial charge in [0.15, 0.2) is 0 Å². The summed E-state index contributed by atoms with van der Waals surface area (Å²) in [6, 6.07) is 14.1. The van der Waals surface area contributed by atoms with Crippen molar-refractivity contribution >= 4 is 23.1 Å². The first-order valence-electron chi connectivity index (χ1n) is 5.50. The number of hydrogen-bond donors (Lipinski definition) is 1. The van der Waals surface area contributed by atoms with Crippen LogP contribution >= 0.6 is 12.2 Å². The van der Waals surface area contributed by atoms with Crippen LogP contribution in [0.2, 0.25) is 0 Å². The fourth-order valence-electron chi connectivity index (χ4n) is 1.88. The van der Waals surface area contributed by atoms with Gasteiger partial charge in [-0.05, 0) is 24.3 Å². The minimum atomic E-state index is -0.314. The average molecular weight is 256 g/mol. The van der Waals surface area contributed by atoms with Crippen molar-refractivity contribution in [3.8, 4) is 11.4 Å². The first-order valence-corrected chi connectivity index (χ1v) is 5.90. The van der Waals surface area contributed by atoms with Crippen LogP contribution in [-0.2, 0) is 0 Å². The number of hydrogen-bond acceptors (Lipinski definition) is 2. The second kappa shape index (κ2) is 4.31. The number of H-pyrrole nitrogens is 1. The Morgan fingerprint density at radius 2 is 1.72 bits per heavy atom. The summed E-state index contributed by atoms with van der Waals surface area (Å²) in [6.45, 7) is 0. The lowest BCUT2D eigenvalue weighted by molar-refractivity contribution is 0.630. The van der Waals surface area contributed by atoms with Crippen molar-refractivity contribution in [2.45, 2.75) is 0 Å². The molecule has 0 radical (unpaired) electrons. The standard InChI is InChI=1S/C14H9FN2S/c15-11-7-3-1-5-9(11)13-16-12-8-4-2-6-10(12)14(18)17-13/h1-8H,(H,16,17,18). The Labute approximate surface area is 108 Å². The number of halogens is 1. The Morgan fingerprint density at radius 3 is 2.56 bits per heavy atom. The van der Waals surface area contributed by atoms with Crippen molar-refractivity contribution in [1.82, 2.24) is 9.97 Å². The normalized spacial score (nSPS) is 10.7. The molecule has 1 N–H and O–H groups in total. The number of nitrogens with zero attached hydrogens (tertiary/aromatic N) is 1. The number of fused-ring (bicyclic) bond motifs is 1. The van der Waals surface area contributed by atoms with Gasteiger partial charge in [0.25, 0.3) is 0 Å². The van der Waals surface area contributed by atoms with E-state index in [2.05, 4.69) is 9.97 Å². The quantitative estimate of drug-likeness (QED) is 0.664. The molecular formula is C14H9FN2S. The highest BCUT2D eigenvalue weighted by Crippen LogP contribution is 2.21. The van der Waals surface area contributed by atoms with Crippen LogP contribution in [0.15, 0.2) is 48.5 Å². The van der Waals surface area contributed by atoms with Gasteiger partial charge in [0.1, 0.15) is 16.3 Å². The Bertz CT molecular complexity index is 780. The molecule has 0 aliphatic rings. The van der Waals surface area contributed by atoms with Crippen LogP contribution in [0.1, 0.15) is 0 Å². The van der Waals surface area contributed by atoms with E-state index < -0.39 is 0 Å². The van der Waals surface area contributed by atoms with E-state index in [1.165, 1.54) is 6.07 Å². The monoisotopic (exact) mass is 256 g/mol. The molecule has 0 spiro atoms. The summed E-state index contributed by atoms with van der Waals surface area (Å²) < 4.78 is 14.2. The van der Waals surface area contributed by atoms with Gasteiger partial charge in [0.2, 0.25) is 0 Å². The van der Waals surface area contributed by atoms with Crippen molar-refractivity contribution in [3.63, 3.8) is 0 Å². The van der Waals surface area contributed by atoms with Gasteiger partial charge in [-0.2, -0.15) is 0 Å². The second-order valence-corrected chi connectivity index (χ2v) is 4.30. The summed E-state index contributed by atoms with van der Waals surface area (Å²) in [7, 11) is 0. The molecule has 1 aromatic heterocycles. The van der Waals surface area contributed by atoms with Gasteiger partial charge in [-0.15, -0.1) is 0 Å². The number of rotatable bonds is 1. The maximum absolute atomic E-state index is 13.7. The predicted octanol–water partition coefficient (Wildman–Crippen LogP) is 4.10. The molecule has 2 aromatic carbocycles. The number of benzene rings is 2. The van der Waals surface area contributed by atoms with E-state index in [1.807, 2.05) is 24.3 Å². The van der Waals surface area contributed by atoms with E-state index in [1.54, 1.807) is 18.2 Å². The largest absolute Gasteiger partial charge is 0.339 e. The van der Waals surface area contributed by atoms with Gasteiger partial charge in [0.05, 0.1) is 5.56 Å². The SMILES string of the molecule is Fc1ccccc1-c1nc(=S)c2ccccc2[nH]1. The summed E-state index contributed by atoms with van der Waals surface area (Å²) in [6.07, 6.45) is 0. The van der Waals surface area contributed by atoms with Crippen molar-refractivity contribution in [2.24, 2.45) is 0 Å². The molecule has 0 atom stereocenters. The lowest BCUT2D eigenvalue weighted by Gasteiger charge is -2.05. The smallest absolute Gasteiger partial charge is 0.142 e. The van der Waals surface area contributed by atoms with E-state index in [0.717, 1.165) is 10.9 Å². The second-order valence-electron chi connectivity index (χ2n) is 3.92. The maximum Gasteiger partial charge on any atom is 0.142 e. The van der Waals surface area contributed by atoms with E-state index in [4.69, 9.17) is 12.2 Å². The van der Waals surface area contributed by atoms with Crippen LogP contribution in [0.25, 0.3) is 22.3 Å². The summed E-state index contributed by atoms with van der Waals surface area (Å²) in [5.74, 6) is 0.141. The molecule has 0 fully saturated rings. The molecule has 0 bridgehead atoms. The fourth-order valence-corrected chi connectivity index (χ4v) is 2.15. The van der Waals surface area contributed by atoms with Crippen LogP contribution < -0.4 is 0 Å². The van der Waals surface area contributed by atoms with E-state index >= 15 is 0 Å². The van der Waals surface area contributed by atoms with Crippen molar-refractivity contribution in [3.05, 3.63) is 59.0 Å². The molecule has 0 saturated carbocycles. The van der Waals surface area contributed by atoms with Crippen LogP contribution in [0, 0.1) is 10.5 Å². The number of aromatic amines is 1. The van der Waals surface area contributed by atoms with Crippen LogP contribution in [-0.4, -0.2) is 9.97 Å². The van der Waals surface area contributed by atoms with Crippen molar-refractivity contribution < 1.29 is 4.39 Å². The van der Waals surface area contributed by atoms with Gasteiger partial charge >= 0.3 is 0 Å². The summed E-state index contributed by atoms with van der Waals surface area (Å²) in [5.41, 5.74) is 1.28. The fraction of sp³-hybridized carbons (Fsp3) is 0. The van der Waals surface area contributed by atoms with E-state index in [9.17, 15) is 4.39 Å². The molecule has 0 aliphatic carbocycles. The number of para-hydroxylation sites is 1. The third kappa shape index (κ3) is 1.80. The third-order valence-corrected chi connectivity index (χ3v) is 3.06. The highest BCUT2D eigenvalue weighted by molar-refractivity contribution is 7.71. The first-order chi connectivity index (χ1) is 8.75. The summed E-state index contributed by atoms with van der Waals surface area (Å²) in [4.78, 5) is 7.36. The molecular weight excluding hydrogens is 247 g/mol. The van der Waals surface area contributed by atoms with Gasteiger partial charge in [-0.3, -0.25) is 0 Å². The molecule has 88 valence electrons. The highest BCUT2D eigenvalue weighted by atomic mass is 32.1. The zero-order chi connectivity index (χ0) is 12.5. The van der Waals surface area contributed by atoms with Gasteiger partial charge in [-0.1, -0.05) is 36.5 Å². The number of nitrogens with one attached hydrogen (secondary N) is 1. The molecule has 0 unspecified atom stereocenters.